The summed E-state index contributed by atoms with van der Waals surface area (Å²) in [7, 11) is 0. The summed E-state index contributed by atoms with van der Waals surface area (Å²) in [6.07, 6.45) is 5.30. The van der Waals surface area contributed by atoms with Crippen molar-refractivity contribution in [3.05, 3.63) is 71.1 Å². The van der Waals surface area contributed by atoms with Crippen molar-refractivity contribution in [2.75, 3.05) is 0 Å². The van der Waals surface area contributed by atoms with E-state index in [0.717, 1.165) is 24.1 Å². The van der Waals surface area contributed by atoms with Gasteiger partial charge in [-0.15, -0.1) is 0 Å². The van der Waals surface area contributed by atoms with Crippen LogP contribution < -0.4 is 0 Å². The van der Waals surface area contributed by atoms with Crippen molar-refractivity contribution in [1.82, 2.24) is 9.38 Å². The van der Waals surface area contributed by atoms with Crippen LogP contribution in [0, 0.1) is 0 Å². The van der Waals surface area contributed by atoms with Crippen LogP contribution in [0.4, 0.5) is 0 Å². The number of esters is 1. The predicted molar refractivity (Wildman–Crippen MR) is 87.4 cm³/mol. The summed E-state index contributed by atoms with van der Waals surface area (Å²) in [6.45, 7) is 0.173. The summed E-state index contributed by atoms with van der Waals surface area (Å²) < 4.78 is 7.35. The van der Waals surface area contributed by atoms with E-state index in [2.05, 4.69) is 4.98 Å². The number of imidazole rings is 1. The SMILES string of the molecule is O=C(OCc1cn2cc(Cl)ccc2n1)C1(c2ccccc2)CC1. The number of halogens is 1. The molecule has 1 saturated carbocycles. The van der Waals surface area contributed by atoms with Crippen molar-refractivity contribution >= 4 is 23.2 Å². The predicted octanol–water partition coefficient (Wildman–Crippen LogP) is 3.76. The molecule has 1 aliphatic carbocycles. The highest BCUT2D eigenvalue weighted by Crippen LogP contribution is 2.49. The molecule has 1 aliphatic rings. The standard InChI is InChI=1S/C18H15ClN2O2/c19-14-6-7-16-20-15(11-21(16)10-14)12-23-17(22)18(8-9-18)13-4-2-1-3-5-13/h1-7,10-11H,8-9,12H2. The Kier molecular flexibility index (Phi) is 3.34. The van der Waals surface area contributed by atoms with Gasteiger partial charge < -0.3 is 9.14 Å². The highest BCUT2D eigenvalue weighted by molar-refractivity contribution is 6.30. The minimum absolute atomic E-state index is 0.168. The van der Waals surface area contributed by atoms with Gasteiger partial charge in [-0.2, -0.15) is 0 Å². The van der Waals surface area contributed by atoms with Crippen LogP contribution in [0.2, 0.25) is 5.02 Å². The number of carbonyl (C=O) groups is 1. The van der Waals surface area contributed by atoms with Crippen LogP contribution in [-0.2, 0) is 21.6 Å². The van der Waals surface area contributed by atoms with Crippen molar-refractivity contribution in [3.8, 4) is 0 Å². The number of benzene rings is 1. The lowest BCUT2D eigenvalue weighted by atomic mass is 9.96. The molecule has 0 spiro atoms. The first-order chi connectivity index (χ1) is 11.2. The van der Waals surface area contributed by atoms with Gasteiger partial charge in [0.05, 0.1) is 16.1 Å². The van der Waals surface area contributed by atoms with Crippen LogP contribution in [0.3, 0.4) is 0 Å². The number of hydrogen-bond acceptors (Lipinski definition) is 3. The minimum Gasteiger partial charge on any atom is -0.458 e. The molecule has 116 valence electrons. The van der Waals surface area contributed by atoms with Crippen LogP contribution in [0.15, 0.2) is 54.9 Å². The lowest BCUT2D eigenvalue weighted by Gasteiger charge is -2.14. The van der Waals surface area contributed by atoms with Gasteiger partial charge in [0.2, 0.25) is 0 Å². The fourth-order valence-electron chi connectivity index (χ4n) is 2.86. The molecule has 23 heavy (non-hydrogen) atoms. The van der Waals surface area contributed by atoms with Crippen molar-refractivity contribution in [2.24, 2.45) is 0 Å². The average molecular weight is 327 g/mol. The first-order valence-corrected chi connectivity index (χ1v) is 7.91. The molecule has 5 heteroatoms. The second-order valence-corrected chi connectivity index (χ2v) is 6.31. The minimum atomic E-state index is -0.455. The molecule has 1 aromatic carbocycles. The van der Waals surface area contributed by atoms with Gasteiger partial charge >= 0.3 is 5.97 Å². The van der Waals surface area contributed by atoms with Crippen LogP contribution in [0.1, 0.15) is 24.1 Å². The molecule has 0 bridgehead atoms. The summed E-state index contributed by atoms with van der Waals surface area (Å²) >= 11 is 5.96. The van der Waals surface area contributed by atoms with E-state index in [1.54, 1.807) is 12.3 Å². The molecule has 0 atom stereocenters. The third-order valence-electron chi connectivity index (χ3n) is 4.28. The molecule has 1 fully saturated rings. The lowest BCUT2D eigenvalue weighted by molar-refractivity contribution is -0.148. The van der Waals surface area contributed by atoms with Gasteiger partial charge in [-0.05, 0) is 30.5 Å². The number of ether oxygens (including phenoxy) is 1. The Morgan fingerprint density at radius 3 is 2.70 bits per heavy atom. The number of fused-ring (bicyclic) bond motifs is 1. The van der Waals surface area contributed by atoms with E-state index in [0.29, 0.717) is 10.7 Å². The quantitative estimate of drug-likeness (QED) is 0.686. The van der Waals surface area contributed by atoms with Crippen LogP contribution >= 0.6 is 11.6 Å². The number of carbonyl (C=O) groups excluding carboxylic acids is 1. The Morgan fingerprint density at radius 1 is 1.17 bits per heavy atom. The molecule has 0 radical (unpaired) electrons. The molecule has 2 aromatic heterocycles. The highest BCUT2D eigenvalue weighted by Gasteiger charge is 2.52. The Balaban J connectivity index is 1.49. The normalized spacial score (nSPS) is 15.5. The Morgan fingerprint density at radius 2 is 1.96 bits per heavy atom. The second-order valence-electron chi connectivity index (χ2n) is 5.87. The Hall–Kier alpha value is -2.33. The van der Waals surface area contributed by atoms with Crippen LogP contribution in [-0.4, -0.2) is 15.4 Å². The number of aromatic nitrogens is 2. The van der Waals surface area contributed by atoms with Gasteiger partial charge in [-0.25, -0.2) is 4.98 Å². The summed E-state index contributed by atoms with van der Waals surface area (Å²) in [5.41, 5.74) is 2.07. The van der Waals surface area contributed by atoms with E-state index < -0.39 is 5.41 Å². The number of pyridine rings is 1. The molecule has 0 N–H and O–H groups in total. The number of nitrogens with zero attached hydrogens (tertiary/aromatic N) is 2. The third kappa shape index (κ3) is 2.59. The molecule has 2 heterocycles. The van der Waals surface area contributed by atoms with E-state index >= 15 is 0 Å². The lowest BCUT2D eigenvalue weighted by Crippen LogP contribution is -2.23. The third-order valence-corrected chi connectivity index (χ3v) is 4.51. The molecular weight excluding hydrogens is 312 g/mol. The van der Waals surface area contributed by atoms with Gasteiger partial charge in [0.15, 0.2) is 0 Å². The average Bonchev–Trinajstić information content (AvgIpc) is 3.29. The summed E-state index contributed by atoms with van der Waals surface area (Å²) in [5, 5.41) is 0.638. The molecule has 0 saturated heterocycles. The zero-order chi connectivity index (χ0) is 15.9. The topological polar surface area (TPSA) is 43.6 Å². The molecule has 4 nitrogen and oxygen atoms in total. The molecule has 3 aromatic rings. The second kappa shape index (κ2) is 5.39. The molecular formula is C18H15ClN2O2. The monoisotopic (exact) mass is 326 g/mol. The first-order valence-electron chi connectivity index (χ1n) is 7.53. The summed E-state index contributed by atoms with van der Waals surface area (Å²) in [6, 6.07) is 13.5. The van der Waals surface area contributed by atoms with Crippen LogP contribution in [0.25, 0.3) is 5.65 Å². The first kappa shape index (κ1) is 14.3. The maximum Gasteiger partial charge on any atom is 0.316 e. The summed E-state index contributed by atoms with van der Waals surface area (Å²) in [5.74, 6) is -0.168. The van der Waals surface area contributed by atoms with Gasteiger partial charge in [0.1, 0.15) is 12.3 Å². The van der Waals surface area contributed by atoms with Gasteiger partial charge in [0, 0.05) is 12.4 Å². The molecule has 0 amide bonds. The van der Waals surface area contributed by atoms with Crippen molar-refractivity contribution in [2.45, 2.75) is 24.9 Å². The largest absolute Gasteiger partial charge is 0.458 e. The molecule has 0 unspecified atom stereocenters. The Bertz CT molecular complexity index is 869. The van der Waals surface area contributed by atoms with Gasteiger partial charge in [-0.1, -0.05) is 41.9 Å². The maximum atomic E-state index is 12.5. The van der Waals surface area contributed by atoms with E-state index in [9.17, 15) is 4.79 Å². The van der Waals surface area contributed by atoms with Crippen molar-refractivity contribution in [1.29, 1.82) is 0 Å². The molecule has 0 aliphatic heterocycles. The van der Waals surface area contributed by atoms with E-state index in [-0.39, 0.29) is 12.6 Å². The van der Waals surface area contributed by atoms with E-state index in [1.165, 1.54) is 0 Å². The number of hydrogen-bond donors (Lipinski definition) is 0. The van der Waals surface area contributed by atoms with Gasteiger partial charge in [0.25, 0.3) is 0 Å². The fourth-order valence-corrected chi connectivity index (χ4v) is 3.03. The smallest absolute Gasteiger partial charge is 0.316 e. The van der Waals surface area contributed by atoms with Crippen LogP contribution in [0.5, 0.6) is 0 Å². The highest BCUT2D eigenvalue weighted by atomic mass is 35.5. The fraction of sp³-hybridized carbons (Fsp3) is 0.222. The zero-order valence-electron chi connectivity index (χ0n) is 12.4. The van der Waals surface area contributed by atoms with Crippen molar-refractivity contribution in [3.63, 3.8) is 0 Å². The van der Waals surface area contributed by atoms with Crippen molar-refractivity contribution < 1.29 is 9.53 Å². The number of rotatable bonds is 4. The Labute approximate surface area is 138 Å². The maximum absolute atomic E-state index is 12.5. The van der Waals surface area contributed by atoms with E-state index in [1.807, 2.05) is 47.0 Å². The molecule has 4 rings (SSSR count). The zero-order valence-corrected chi connectivity index (χ0v) is 13.2. The summed E-state index contributed by atoms with van der Waals surface area (Å²) in [4.78, 5) is 16.9. The van der Waals surface area contributed by atoms with Gasteiger partial charge in [-0.3, -0.25) is 4.79 Å². The van der Waals surface area contributed by atoms with E-state index in [4.69, 9.17) is 16.3 Å².